The van der Waals surface area contributed by atoms with Gasteiger partial charge in [0.25, 0.3) is 5.91 Å². The first-order valence-electron chi connectivity index (χ1n) is 5.64. The first-order valence-corrected chi connectivity index (χ1v) is 6.17. The molecule has 0 radical (unpaired) electrons. The minimum atomic E-state index is -0.0522. The molecule has 90 valence electrons. The summed E-state index contributed by atoms with van der Waals surface area (Å²) in [5.41, 5.74) is 0.626. The molecule has 0 atom stereocenters. The van der Waals surface area contributed by atoms with Gasteiger partial charge in [-0.25, -0.2) is 0 Å². The largest absolute Gasteiger partial charge is 0.469 e. The Labute approximate surface area is 101 Å². The molecule has 0 fully saturated rings. The van der Waals surface area contributed by atoms with E-state index in [0.29, 0.717) is 17.9 Å². The van der Waals surface area contributed by atoms with Crippen LogP contribution in [-0.2, 0) is 0 Å². The zero-order valence-electron chi connectivity index (χ0n) is 9.59. The predicted octanol–water partition coefficient (Wildman–Crippen LogP) is 3.12. The van der Waals surface area contributed by atoms with Crippen molar-refractivity contribution in [2.24, 2.45) is 0 Å². The Balaban J connectivity index is 2.14. The number of carbonyl (C=O) groups is 1. The Morgan fingerprint density at radius 1 is 1.38 bits per heavy atom. The van der Waals surface area contributed by atoms with Crippen molar-refractivity contribution in [1.82, 2.24) is 5.32 Å². The zero-order valence-corrected chi connectivity index (χ0v) is 10.3. The molecule has 0 aromatic carbocycles. The number of carbonyl (C=O) groups excluding carboxylic acids is 1. The van der Waals surface area contributed by atoms with E-state index in [2.05, 4.69) is 5.32 Å². The highest BCUT2D eigenvalue weighted by Crippen LogP contribution is 2.08. The fourth-order valence-electron chi connectivity index (χ4n) is 1.49. The average molecular weight is 244 g/mol. The molecule has 4 heteroatoms. The van der Waals surface area contributed by atoms with Crippen molar-refractivity contribution in [1.29, 1.82) is 0 Å². The van der Waals surface area contributed by atoms with Gasteiger partial charge in [-0.1, -0.05) is 12.8 Å². The van der Waals surface area contributed by atoms with Crippen LogP contribution in [0, 0.1) is 6.92 Å². The summed E-state index contributed by atoms with van der Waals surface area (Å²) in [7, 11) is 0. The van der Waals surface area contributed by atoms with E-state index in [1.54, 1.807) is 13.0 Å². The second-order valence-corrected chi connectivity index (χ2v) is 4.13. The highest BCUT2D eigenvalue weighted by molar-refractivity contribution is 6.17. The van der Waals surface area contributed by atoms with Gasteiger partial charge in [0.2, 0.25) is 0 Å². The summed E-state index contributed by atoms with van der Waals surface area (Å²) in [5.74, 6) is 1.34. The van der Waals surface area contributed by atoms with Gasteiger partial charge in [-0.3, -0.25) is 4.79 Å². The van der Waals surface area contributed by atoms with Crippen LogP contribution in [0.1, 0.15) is 41.8 Å². The average Bonchev–Trinajstić information content (AvgIpc) is 2.69. The standard InChI is InChI=1S/C12H18ClNO2/c1-10-11(6-9-16-10)12(15)14-8-5-3-2-4-7-13/h6,9H,2-5,7-8H2,1H3,(H,14,15). The van der Waals surface area contributed by atoms with Crippen LogP contribution in [0.15, 0.2) is 16.7 Å². The van der Waals surface area contributed by atoms with Crippen molar-refractivity contribution in [3.8, 4) is 0 Å². The molecule has 0 unspecified atom stereocenters. The third-order valence-electron chi connectivity index (χ3n) is 2.45. The van der Waals surface area contributed by atoms with Crippen LogP contribution in [0.4, 0.5) is 0 Å². The van der Waals surface area contributed by atoms with Gasteiger partial charge in [-0.15, -0.1) is 11.6 Å². The summed E-state index contributed by atoms with van der Waals surface area (Å²) in [6.07, 6.45) is 5.82. The van der Waals surface area contributed by atoms with Gasteiger partial charge < -0.3 is 9.73 Å². The number of unbranched alkanes of at least 4 members (excludes halogenated alkanes) is 3. The fourth-order valence-corrected chi connectivity index (χ4v) is 1.68. The maximum absolute atomic E-state index is 11.6. The number of hydrogen-bond acceptors (Lipinski definition) is 2. The number of alkyl halides is 1. The minimum absolute atomic E-state index is 0.0522. The molecule has 1 aromatic heterocycles. The molecule has 0 aliphatic heterocycles. The quantitative estimate of drug-likeness (QED) is 0.591. The first-order chi connectivity index (χ1) is 7.75. The summed E-state index contributed by atoms with van der Waals surface area (Å²) in [6, 6.07) is 1.69. The third-order valence-corrected chi connectivity index (χ3v) is 2.72. The van der Waals surface area contributed by atoms with Crippen LogP contribution in [0.2, 0.25) is 0 Å². The van der Waals surface area contributed by atoms with Gasteiger partial charge in [0.15, 0.2) is 0 Å². The summed E-state index contributed by atoms with van der Waals surface area (Å²) >= 11 is 5.57. The predicted molar refractivity (Wildman–Crippen MR) is 65.0 cm³/mol. The Morgan fingerprint density at radius 2 is 2.12 bits per heavy atom. The fraction of sp³-hybridized carbons (Fsp3) is 0.583. The molecular weight excluding hydrogens is 226 g/mol. The topological polar surface area (TPSA) is 42.2 Å². The second kappa shape index (κ2) is 7.34. The van der Waals surface area contributed by atoms with Crippen molar-refractivity contribution in [2.75, 3.05) is 12.4 Å². The number of aryl methyl sites for hydroxylation is 1. The molecule has 0 aliphatic rings. The van der Waals surface area contributed by atoms with E-state index in [0.717, 1.165) is 31.6 Å². The maximum Gasteiger partial charge on any atom is 0.254 e. The van der Waals surface area contributed by atoms with Crippen molar-refractivity contribution in [3.63, 3.8) is 0 Å². The van der Waals surface area contributed by atoms with Crippen LogP contribution >= 0.6 is 11.6 Å². The lowest BCUT2D eigenvalue weighted by Gasteiger charge is -2.03. The molecule has 1 N–H and O–H groups in total. The molecular formula is C12H18ClNO2. The monoisotopic (exact) mass is 243 g/mol. The molecule has 0 spiro atoms. The van der Waals surface area contributed by atoms with Crippen LogP contribution < -0.4 is 5.32 Å². The molecule has 1 aromatic rings. The lowest BCUT2D eigenvalue weighted by atomic mass is 10.2. The molecule has 16 heavy (non-hydrogen) atoms. The van der Waals surface area contributed by atoms with E-state index in [1.165, 1.54) is 6.26 Å². The van der Waals surface area contributed by atoms with E-state index in [9.17, 15) is 4.79 Å². The number of rotatable bonds is 7. The second-order valence-electron chi connectivity index (χ2n) is 3.75. The van der Waals surface area contributed by atoms with Gasteiger partial charge in [-0.2, -0.15) is 0 Å². The number of halogens is 1. The van der Waals surface area contributed by atoms with Gasteiger partial charge >= 0.3 is 0 Å². The summed E-state index contributed by atoms with van der Waals surface area (Å²) in [5, 5.41) is 2.87. The molecule has 0 bridgehead atoms. The third kappa shape index (κ3) is 4.27. The molecule has 1 amide bonds. The van der Waals surface area contributed by atoms with Gasteiger partial charge in [-0.05, 0) is 25.8 Å². The minimum Gasteiger partial charge on any atom is -0.469 e. The highest BCUT2D eigenvalue weighted by Gasteiger charge is 2.09. The number of nitrogens with one attached hydrogen (secondary N) is 1. The van der Waals surface area contributed by atoms with Crippen LogP contribution in [0.5, 0.6) is 0 Å². The Morgan fingerprint density at radius 3 is 2.75 bits per heavy atom. The van der Waals surface area contributed by atoms with Gasteiger partial charge in [0.05, 0.1) is 11.8 Å². The Bertz CT molecular complexity index is 323. The zero-order chi connectivity index (χ0) is 11.8. The molecule has 0 aliphatic carbocycles. The van der Waals surface area contributed by atoms with E-state index in [4.69, 9.17) is 16.0 Å². The summed E-state index contributed by atoms with van der Waals surface area (Å²) in [6.45, 7) is 2.50. The number of hydrogen-bond donors (Lipinski definition) is 1. The van der Waals surface area contributed by atoms with E-state index in [-0.39, 0.29) is 5.91 Å². The van der Waals surface area contributed by atoms with Crippen molar-refractivity contribution in [3.05, 3.63) is 23.7 Å². The van der Waals surface area contributed by atoms with Crippen LogP contribution in [0.3, 0.4) is 0 Å². The highest BCUT2D eigenvalue weighted by atomic mass is 35.5. The Kier molecular flexibility index (Phi) is 6.01. The number of furan rings is 1. The number of amides is 1. The summed E-state index contributed by atoms with van der Waals surface area (Å²) in [4.78, 5) is 11.6. The Hall–Kier alpha value is -0.960. The summed E-state index contributed by atoms with van der Waals surface area (Å²) < 4.78 is 5.07. The molecule has 0 saturated heterocycles. The van der Waals surface area contributed by atoms with Gasteiger partial charge in [0.1, 0.15) is 5.76 Å². The van der Waals surface area contributed by atoms with Crippen molar-refractivity contribution < 1.29 is 9.21 Å². The van der Waals surface area contributed by atoms with Crippen LogP contribution in [-0.4, -0.2) is 18.3 Å². The van der Waals surface area contributed by atoms with Crippen LogP contribution in [0.25, 0.3) is 0 Å². The molecule has 1 rings (SSSR count). The first kappa shape index (κ1) is 13.1. The molecule has 3 nitrogen and oxygen atoms in total. The molecule has 1 heterocycles. The van der Waals surface area contributed by atoms with E-state index < -0.39 is 0 Å². The normalized spacial score (nSPS) is 10.4. The van der Waals surface area contributed by atoms with Gasteiger partial charge in [0, 0.05) is 12.4 Å². The smallest absolute Gasteiger partial charge is 0.254 e. The lowest BCUT2D eigenvalue weighted by molar-refractivity contribution is 0.0951. The maximum atomic E-state index is 11.6. The van der Waals surface area contributed by atoms with Crippen molar-refractivity contribution in [2.45, 2.75) is 32.6 Å². The van der Waals surface area contributed by atoms with Crippen molar-refractivity contribution >= 4 is 17.5 Å². The molecule has 0 saturated carbocycles. The van der Waals surface area contributed by atoms with E-state index in [1.807, 2.05) is 0 Å². The SMILES string of the molecule is Cc1occc1C(=O)NCCCCCCCl. The lowest BCUT2D eigenvalue weighted by Crippen LogP contribution is -2.24. The van der Waals surface area contributed by atoms with E-state index >= 15 is 0 Å².